The molecule has 1 heterocycles. The van der Waals surface area contributed by atoms with Crippen molar-refractivity contribution in [1.29, 1.82) is 0 Å². The Morgan fingerprint density at radius 2 is 1.96 bits per heavy atom. The van der Waals surface area contributed by atoms with Crippen LogP contribution < -0.4 is 5.32 Å². The number of benzene rings is 1. The molecule has 1 fully saturated rings. The van der Waals surface area contributed by atoms with Gasteiger partial charge >= 0.3 is 0 Å². The smallest absolute Gasteiger partial charge is 0.0717 e. The Balaban J connectivity index is 1.24. The van der Waals surface area contributed by atoms with Crippen molar-refractivity contribution in [2.24, 2.45) is 5.92 Å². The zero-order valence-electron chi connectivity index (χ0n) is 17.2. The van der Waals surface area contributed by atoms with Gasteiger partial charge in [0.25, 0.3) is 0 Å². The Hall–Kier alpha value is -1.12. The average molecular weight is 370 g/mol. The van der Waals surface area contributed by atoms with Gasteiger partial charge in [-0.05, 0) is 93.1 Å². The molecular weight excluding hydrogens is 330 g/mol. The highest BCUT2D eigenvalue weighted by molar-refractivity contribution is 5.66. The molecule has 1 atom stereocenters. The van der Waals surface area contributed by atoms with Crippen LogP contribution in [-0.4, -0.2) is 19.7 Å². The molecule has 0 spiro atoms. The Labute approximate surface area is 166 Å². The van der Waals surface area contributed by atoms with Crippen LogP contribution in [0.1, 0.15) is 88.2 Å². The number of hydrogen-bond donors (Lipinski definition) is 1. The van der Waals surface area contributed by atoms with Crippen LogP contribution in [0.15, 0.2) is 30.3 Å². The predicted octanol–water partition coefficient (Wildman–Crippen LogP) is 6.50. The zero-order valence-corrected chi connectivity index (χ0v) is 17.2. The molecule has 27 heavy (non-hydrogen) atoms. The maximum absolute atomic E-state index is 5.95. The number of hydrogen-bond acceptors (Lipinski definition) is 2. The van der Waals surface area contributed by atoms with E-state index >= 15 is 0 Å². The summed E-state index contributed by atoms with van der Waals surface area (Å²) in [5.74, 6) is 0.926. The minimum absolute atomic E-state index is 0.759. The molecule has 2 nitrogen and oxygen atoms in total. The topological polar surface area (TPSA) is 21.3 Å². The van der Waals surface area contributed by atoms with Gasteiger partial charge in [-0.1, -0.05) is 50.0 Å². The molecule has 0 radical (unpaired) electrons. The van der Waals surface area contributed by atoms with E-state index in [0.29, 0.717) is 0 Å². The molecular formula is C25H39NO. The lowest BCUT2D eigenvalue weighted by atomic mass is 9.93. The van der Waals surface area contributed by atoms with E-state index in [2.05, 4.69) is 35.7 Å². The zero-order chi connectivity index (χ0) is 18.6. The van der Waals surface area contributed by atoms with Gasteiger partial charge in [0.1, 0.15) is 0 Å². The standard InChI is InChI=1S/C25H39NO/c1(4-11-22-12-7-8-17-26-20-22)2-9-18-27-21-23-13-10-16-25(19-23)24-14-5-3-6-15-24/h10,13-14,16,19,22,26H,1-9,11-12,15,17-18,20-21H2. The number of ether oxygens (including phenoxy) is 1. The summed E-state index contributed by atoms with van der Waals surface area (Å²) in [4.78, 5) is 0. The van der Waals surface area contributed by atoms with Crippen LogP contribution in [0.4, 0.5) is 0 Å². The van der Waals surface area contributed by atoms with Crippen LogP contribution in [0.25, 0.3) is 5.57 Å². The molecule has 1 saturated heterocycles. The van der Waals surface area contributed by atoms with E-state index < -0.39 is 0 Å². The SMILES string of the molecule is C1=C(c2cccc(COCCCCCCC3CCCCNC3)c2)CCCC1. The van der Waals surface area contributed by atoms with Crippen molar-refractivity contribution in [3.63, 3.8) is 0 Å². The lowest BCUT2D eigenvalue weighted by Gasteiger charge is -2.14. The molecule has 1 unspecified atom stereocenters. The first-order chi connectivity index (χ1) is 13.4. The van der Waals surface area contributed by atoms with Gasteiger partial charge in [0.15, 0.2) is 0 Å². The van der Waals surface area contributed by atoms with Gasteiger partial charge in [-0.25, -0.2) is 0 Å². The summed E-state index contributed by atoms with van der Waals surface area (Å²) in [6.45, 7) is 4.14. The van der Waals surface area contributed by atoms with Gasteiger partial charge in [0.2, 0.25) is 0 Å². The molecule has 1 N–H and O–H groups in total. The van der Waals surface area contributed by atoms with Crippen LogP contribution in [0.5, 0.6) is 0 Å². The maximum atomic E-state index is 5.95. The summed E-state index contributed by atoms with van der Waals surface area (Å²) >= 11 is 0. The van der Waals surface area contributed by atoms with Crippen molar-refractivity contribution in [2.75, 3.05) is 19.7 Å². The van der Waals surface area contributed by atoms with Gasteiger partial charge in [-0.3, -0.25) is 0 Å². The van der Waals surface area contributed by atoms with E-state index in [4.69, 9.17) is 4.74 Å². The Morgan fingerprint density at radius 3 is 2.89 bits per heavy atom. The van der Waals surface area contributed by atoms with Crippen LogP contribution in [0.2, 0.25) is 0 Å². The molecule has 0 saturated carbocycles. The quantitative estimate of drug-likeness (QED) is 0.475. The summed E-state index contributed by atoms with van der Waals surface area (Å²) < 4.78 is 5.95. The van der Waals surface area contributed by atoms with E-state index in [-0.39, 0.29) is 0 Å². The lowest BCUT2D eigenvalue weighted by molar-refractivity contribution is 0.116. The molecule has 0 aromatic heterocycles. The monoisotopic (exact) mass is 369 g/mol. The van der Waals surface area contributed by atoms with Crippen molar-refractivity contribution >= 4 is 5.57 Å². The fraction of sp³-hybridized carbons (Fsp3) is 0.680. The van der Waals surface area contributed by atoms with E-state index in [1.165, 1.54) is 107 Å². The molecule has 150 valence electrons. The van der Waals surface area contributed by atoms with Crippen molar-refractivity contribution in [1.82, 2.24) is 5.32 Å². The maximum Gasteiger partial charge on any atom is 0.0717 e. The first kappa shape index (κ1) is 20.6. The summed E-state index contributed by atoms with van der Waals surface area (Å²) in [7, 11) is 0. The average Bonchev–Trinajstić information content (AvgIpc) is 3.00. The van der Waals surface area contributed by atoms with Gasteiger partial charge in [0, 0.05) is 6.61 Å². The van der Waals surface area contributed by atoms with Crippen LogP contribution in [0.3, 0.4) is 0 Å². The summed E-state index contributed by atoms with van der Waals surface area (Å²) in [5.41, 5.74) is 4.26. The molecule has 1 aromatic rings. The lowest BCUT2D eigenvalue weighted by Crippen LogP contribution is -2.20. The fourth-order valence-electron chi connectivity index (χ4n) is 4.48. The second kappa shape index (κ2) is 12.4. The second-order valence-corrected chi connectivity index (χ2v) is 8.50. The van der Waals surface area contributed by atoms with E-state index in [0.717, 1.165) is 19.1 Å². The number of unbranched alkanes of at least 4 members (excludes halogenated alkanes) is 3. The summed E-state index contributed by atoms with van der Waals surface area (Å²) in [6, 6.07) is 8.97. The highest BCUT2D eigenvalue weighted by atomic mass is 16.5. The van der Waals surface area contributed by atoms with Gasteiger partial charge < -0.3 is 10.1 Å². The third-order valence-corrected chi connectivity index (χ3v) is 6.16. The van der Waals surface area contributed by atoms with Crippen molar-refractivity contribution in [3.8, 4) is 0 Å². The Morgan fingerprint density at radius 1 is 1.00 bits per heavy atom. The minimum atomic E-state index is 0.759. The molecule has 1 aliphatic heterocycles. The summed E-state index contributed by atoms with van der Waals surface area (Å²) in [6.07, 6.45) is 18.5. The summed E-state index contributed by atoms with van der Waals surface area (Å²) in [5, 5.41) is 3.58. The van der Waals surface area contributed by atoms with Crippen molar-refractivity contribution in [3.05, 3.63) is 41.5 Å². The molecule has 2 heteroatoms. The first-order valence-corrected chi connectivity index (χ1v) is 11.5. The molecule has 1 aliphatic carbocycles. The second-order valence-electron chi connectivity index (χ2n) is 8.50. The molecule has 3 rings (SSSR count). The normalized spacial score (nSPS) is 20.9. The molecule has 2 aliphatic rings. The van der Waals surface area contributed by atoms with Gasteiger partial charge in [-0.2, -0.15) is 0 Å². The van der Waals surface area contributed by atoms with Gasteiger partial charge in [-0.15, -0.1) is 0 Å². The van der Waals surface area contributed by atoms with Crippen LogP contribution >= 0.6 is 0 Å². The number of rotatable bonds is 10. The fourth-order valence-corrected chi connectivity index (χ4v) is 4.48. The third kappa shape index (κ3) is 7.79. The van der Waals surface area contributed by atoms with E-state index in [1.807, 2.05) is 0 Å². The van der Waals surface area contributed by atoms with Crippen LogP contribution in [0, 0.1) is 5.92 Å². The van der Waals surface area contributed by atoms with E-state index in [9.17, 15) is 0 Å². The third-order valence-electron chi connectivity index (χ3n) is 6.16. The Bertz CT molecular complexity index is 557. The predicted molar refractivity (Wildman–Crippen MR) is 116 cm³/mol. The Kier molecular flexibility index (Phi) is 9.44. The van der Waals surface area contributed by atoms with E-state index in [1.54, 1.807) is 0 Å². The first-order valence-electron chi connectivity index (χ1n) is 11.5. The van der Waals surface area contributed by atoms with Crippen molar-refractivity contribution < 1.29 is 4.74 Å². The van der Waals surface area contributed by atoms with Crippen LogP contribution in [-0.2, 0) is 11.3 Å². The minimum Gasteiger partial charge on any atom is -0.377 e. The van der Waals surface area contributed by atoms with Crippen molar-refractivity contribution in [2.45, 2.75) is 83.7 Å². The van der Waals surface area contributed by atoms with Gasteiger partial charge in [0.05, 0.1) is 6.61 Å². The highest BCUT2D eigenvalue weighted by Gasteiger charge is 2.11. The number of allylic oxidation sites excluding steroid dienone is 2. The largest absolute Gasteiger partial charge is 0.377 e. The molecule has 1 aromatic carbocycles. The molecule has 0 bridgehead atoms. The number of nitrogens with one attached hydrogen (secondary N) is 1. The molecule has 0 amide bonds. The highest BCUT2D eigenvalue weighted by Crippen LogP contribution is 2.27.